The topological polar surface area (TPSA) is 78.9 Å². The Hall–Kier alpha value is -3.41. The van der Waals surface area contributed by atoms with Gasteiger partial charge in [0, 0.05) is 19.3 Å². The van der Waals surface area contributed by atoms with Gasteiger partial charge in [-0.25, -0.2) is 0 Å². The van der Waals surface area contributed by atoms with Gasteiger partial charge in [-0.2, -0.15) is 0 Å². The van der Waals surface area contributed by atoms with Gasteiger partial charge in [0.05, 0.1) is 0 Å². The van der Waals surface area contributed by atoms with Crippen LogP contribution in [-0.4, -0.2) is 37.2 Å². The second kappa shape index (κ2) is 51.2. The van der Waals surface area contributed by atoms with E-state index in [1.54, 1.807) is 0 Å². The van der Waals surface area contributed by atoms with Crippen LogP contribution in [-0.2, 0) is 28.6 Å². The summed E-state index contributed by atoms with van der Waals surface area (Å²) in [5, 5.41) is 0. The second-order valence-electron chi connectivity index (χ2n) is 17.0. The largest absolute Gasteiger partial charge is 0.462 e. The van der Waals surface area contributed by atoms with Crippen LogP contribution in [0.25, 0.3) is 0 Å². The first kappa shape index (κ1) is 59.6. The number of ether oxygens (including phenoxy) is 3. The van der Waals surface area contributed by atoms with Gasteiger partial charge in [-0.3, -0.25) is 14.4 Å². The minimum absolute atomic E-state index is 0.0954. The normalized spacial score (nSPS) is 12.7. The van der Waals surface area contributed by atoms with Gasteiger partial charge in [0.2, 0.25) is 0 Å². The summed E-state index contributed by atoms with van der Waals surface area (Å²) in [6.45, 7) is 6.43. The van der Waals surface area contributed by atoms with E-state index in [-0.39, 0.29) is 31.1 Å². The summed E-state index contributed by atoms with van der Waals surface area (Å²) < 4.78 is 16.8. The molecule has 0 amide bonds. The lowest BCUT2D eigenvalue weighted by Gasteiger charge is -2.18. The van der Waals surface area contributed by atoms with Crippen LogP contribution in [0.5, 0.6) is 0 Å². The van der Waals surface area contributed by atoms with Crippen LogP contribution >= 0.6 is 0 Å². The zero-order valence-electron chi connectivity index (χ0n) is 41.1. The maximum absolute atomic E-state index is 12.8. The molecule has 0 aromatic heterocycles. The molecule has 0 aliphatic heterocycles. The molecule has 0 unspecified atom stereocenters. The molecule has 0 radical (unpaired) electrons. The standard InChI is InChI=1S/C57H96O6/c1-4-7-10-13-16-19-22-24-26-27-28-29-31-32-35-38-41-44-47-50-56(59)62-53-54(52-61-55(58)49-46-43-40-37-34-21-18-15-12-9-6-3)63-57(60)51-48-45-42-39-36-33-30-25-23-20-17-14-11-8-5-2/h7,10,15-16,18-19,24-26,28-30,32,35,54H,4-6,8-9,11-14,17,20-23,27,31,33-34,36-53H2,1-3H3/b10-7-,18-15-,19-16-,26-24-,29-28-,30-25-,35-32-/t54-/m1/s1. The number of rotatable bonds is 46. The number of carbonyl (C=O) groups excluding carboxylic acids is 3. The Morgan fingerprint density at radius 3 is 1.05 bits per heavy atom. The van der Waals surface area contributed by atoms with Crippen molar-refractivity contribution in [3.8, 4) is 0 Å². The van der Waals surface area contributed by atoms with E-state index in [1.807, 2.05) is 0 Å². The van der Waals surface area contributed by atoms with Crippen LogP contribution in [0.4, 0.5) is 0 Å². The third-order valence-electron chi connectivity index (χ3n) is 10.9. The molecule has 0 heterocycles. The average molecular weight is 877 g/mol. The van der Waals surface area contributed by atoms with E-state index < -0.39 is 6.10 Å². The highest BCUT2D eigenvalue weighted by Crippen LogP contribution is 2.13. The van der Waals surface area contributed by atoms with Crippen LogP contribution in [0, 0.1) is 0 Å². The maximum atomic E-state index is 12.8. The molecule has 63 heavy (non-hydrogen) atoms. The van der Waals surface area contributed by atoms with Gasteiger partial charge in [0.25, 0.3) is 0 Å². The summed E-state index contributed by atoms with van der Waals surface area (Å²) in [7, 11) is 0. The van der Waals surface area contributed by atoms with Gasteiger partial charge in [-0.15, -0.1) is 0 Å². The van der Waals surface area contributed by atoms with Crippen molar-refractivity contribution in [1.29, 1.82) is 0 Å². The summed E-state index contributed by atoms with van der Waals surface area (Å²) >= 11 is 0. The van der Waals surface area contributed by atoms with Crippen molar-refractivity contribution in [3.05, 3.63) is 85.1 Å². The van der Waals surface area contributed by atoms with E-state index in [1.165, 1.54) is 77.0 Å². The fraction of sp³-hybridized carbons (Fsp3) is 0.702. The van der Waals surface area contributed by atoms with E-state index >= 15 is 0 Å². The number of unbranched alkanes of at least 4 members (excludes halogenated alkanes) is 21. The first-order valence-corrected chi connectivity index (χ1v) is 26.1. The summed E-state index contributed by atoms with van der Waals surface area (Å²) in [6.07, 6.45) is 65.6. The number of esters is 3. The van der Waals surface area contributed by atoms with Crippen LogP contribution < -0.4 is 0 Å². The predicted octanol–water partition coefficient (Wildman–Crippen LogP) is 17.2. The fourth-order valence-corrected chi connectivity index (χ4v) is 6.91. The average Bonchev–Trinajstić information content (AvgIpc) is 3.28. The number of allylic oxidation sites excluding steroid dienone is 14. The van der Waals surface area contributed by atoms with Crippen molar-refractivity contribution >= 4 is 17.9 Å². The lowest BCUT2D eigenvalue weighted by atomic mass is 10.1. The molecule has 0 N–H and O–H groups in total. The minimum atomic E-state index is -0.797. The van der Waals surface area contributed by atoms with Crippen molar-refractivity contribution in [2.24, 2.45) is 0 Å². The molecule has 0 saturated heterocycles. The quantitative estimate of drug-likeness (QED) is 0.0262. The highest BCUT2D eigenvalue weighted by atomic mass is 16.6. The minimum Gasteiger partial charge on any atom is -0.462 e. The first-order chi connectivity index (χ1) is 31.0. The van der Waals surface area contributed by atoms with E-state index in [4.69, 9.17) is 14.2 Å². The first-order valence-electron chi connectivity index (χ1n) is 26.1. The third-order valence-corrected chi connectivity index (χ3v) is 10.9. The Balaban J connectivity index is 4.45. The highest BCUT2D eigenvalue weighted by Gasteiger charge is 2.19. The maximum Gasteiger partial charge on any atom is 0.306 e. The Morgan fingerprint density at radius 1 is 0.333 bits per heavy atom. The number of hydrogen-bond acceptors (Lipinski definition) is 6. The van der Waals surface area contributed by atoms with Gasteiger partial charge >= 0.3 is 17.9 Å². The van der Waals surface area contributed by atoms with E-state index in [0.29, 0.717) is 19.3 Å². The molecule has 0 aromatic carbocycles. The smallest absolute Gasteiger partial charge is 0.306 e. The number of carbonyl (C=O) groups is 3. The molecule has 0 saturated carbocycles. The van der Waals surface area contributed by atoms with Gasteiger partial charge < -0.3 is 14.2 Å². The zero-order chi connectivity index (χ0) is 45.8. The van der Waals surface area contributed by atoms with E-state index in [0.717, 1.165) is 122 Å². The van der Waals surface area contributed by atoms with Crippen molar-refractivity contribution in [2.75, 3.05) is 13.2 Å². The fourth-order valence-electron chi connectivity index (χ4n) is 6.91. The molecular weight excluding hydrogens is 781 g/mol. The summed E-state index contributed by atoms with van der Waals surface area (Å²) in [6, 6.07) is 0. The Bertz CT molecular complexity index is 1240. The molecule has 1 atom stereocenters. The van der Waals surface area contributed by atoms with Gasteiger partial charge in [-0.05, 0) is 109 Å². The Morgan fingerprint density at radius 2 is 0.635 bits per heavy atom. The molecule has 0 fully saturated rings. The molecule has 360 valence electrons. The monoisotopic (exact) mass is 877 g/mol. The number of hydrogen-bond donors (Lipinski definition) is 0. The molecule has 0 rings (SSSR count). The molecule has 0 spiro atoms. The zero-order valence-corrected chi connectivity index (χ0v) is 41.1. The molecule has 6 heteroatoms. The summed E-state index contributed by atoms with van der Waals surface area (Å²) in [5.74, 6) is -0.947. The molecule has 6 nitrogen and oxygen atoms in total. The van der Waals surface area contributed by atoms with Crippen molar-refractivity contribution < 1.29 is 28.6 Å². The summed E-state index contributed by atoms with van der Waals surface area (Å²) in [5.41, 5.74) is 0. The lowest BCUT2D eigenvalue weighted by molar-refractivity contribution is -0.167. The van der Waals surface area contributed by atoms with Crippen LogP contribution in [0.15, 0.2) is 85.1 Å². The van der Waals surface area contributed by atoms with Crippen molar-refractivity contribution in [3.63, 3.8) is 0 Å². The predicted molar refractivity (Wildman–Crippen MR) is 270 cm³/mol. The molecule has 0 aliphatic rings. The Kier molecular flexibility index (Phi) is 48.5. The van der Waals surface area contributed by atoms with Crippen LogP contribution in [0.3, 0.4) is 0 Å². The summed E-state index contributed by atoms with van der Waals surface area (Å²) in [4.78, 5) is 38.0. The highest BCUT2D eigenvalue weighted by molar-refractivity contribution is 5.71. The Labute approximate surface area is 388 Å². The molecule has 0 aromatic rings. The van der Waals surface area contributed by atoms with Gasteiger partial charge in [-0.1, -0.05) is 196 Å². The van der Waals surface area contributed by atoms with E-state index in [2.05, 4.69) is 106 Å². The van der Waals surface area contributed by atoms with E-state index in [9.17, 15) is 14.4 Å². The third kappa shape index (κ3) is 49.5. The van der Waals surface area contributed by atoms with Gasteiger partial charge in [0.15, 0.2) is 6.10 Å². The molecule has 0 aliphatic carbocycles. The lowest BCUT2D eigenvalue weighted by Crippen LogP contribution is -2.30. The van der Waals surface area contributed by atoms with Crippen molar-refractivity contribution in [1.82, 2.24) is 0 Å². The second-order valence-corrected chi connectivity index (χ2v) is 17.0. The van der Waals surface area contributed by atoms with Gasteiger partial charge in [0.1, 0.15) is 13.2 Å². The van der Waals surface area contributed by atoms with Crippen LogP contribution in [0.2, 0.25) is 0 Å². The van der Waals surface area contributed by atoms with Crippen molar-refractivity contribution in [2.45, 2.75) is 245 Å². The molecular formula is C57H96O6. The van der Waals surface area contributed by atoms with Crippen LogP contribution in [0.1, 0.15) is 239 Å². The SMILES string of the molecule is CC/C=C\C/C=C\C/C=C\C/C=C\C/C=C\CCCCCC(=O)OC[C@@H](COC(=O)CCCCCCC/C=C\CCCC)OC(=O)CCCCCCC/C=C\CCCCCCCC. The molecule has 0 bridgehead atoms.